The van der Waals surface area contributed by atoms with E-state index in [-0.39, 0.29) is 5.54 Å². The molecule has 0 saturated heterocycles. The van der Waals surface area contributed by atoms with Gasteiger partial charge in [0.15, 0.2) is 0 Å². The molecule has 0 aliphatic heterocycles. The fourth-order valence-electron chi connectivity index (χ4n) is 3.45. The minimum atomic E-state index is 0.0429. The Morgan fingerprint density at radius 1 is 0.944 bits per heavy atom. The molecule has 1 fully saturated rings. The van der Waals surface area contributed by atoms with Crippen LogP contribution in [0.25, 0.3) is 0 Å². The molecule has 2 rings (SSSR count). The maximum atomic E-state index is 6.67. The van der Waals surface area contributed by atoms with Crippen molar-refractivity contribution in [3.63, 3.8) is 0 Å². The van der Waals surface area contributed by atoms with Gasteiger partial charge in [-0.2, -0.15) is 0 Å². The molecule has 0 radical (unpaired) electrons. The highest BCUT2D eigenvalue weighted by molar-refractivity contribution is 5.38. The Hall–Kier alpha value is -0.820. The van der Waals surface area contributed by atoms with Crippen LogP contribution in [0.4, 0.5) is 0 Å². The van der Waals surface area contributed by atoms with E-state index in [1.54, 1.807) is 0 Å². The van der Waals surface area contributed by atoms with Gasteiger partial charge in [-0.05, 0) is 56.7 Å². The zero-order valence-corrected chi connectivity index (χ0v) is 12.2. The molecule has 0 aromatic heterocycles. The van der Waals surface area contributed by atoms with Crippen LogP contribution in [0.5, 0.6) is 0 Å². The first kappa shape index (κ1) is 13.6. The van der Waals surface area contributed by atoms with Crippen molar-refractivity contribution >= 4 is 0 Å². The van der Waals surface area contributed by atoms with Crippen molar-refractivity contribution < 1.29 is 0 Å². The van der Waals surface area contributed by atoms with E-state index in [2.05, 4.69) is 32.9 Å². The molecule has 0 amide bonds. The van der Waals surface area contributed by atoms with Gasteiger partial charge in [0.1, 0.15) is 0 Å². The van der Waals surface area contributed by atoms with Gasteiger partial charge in [0.05, 0.1) is 0 Å². The summed E-state index contributed by atoms with van der Waals surface area (Å²) in [6.07, 6.45) is 8.79. The largest absolute Gasteiger partial charge is 0.325 e. The smallest absolute Gasteiger partial charge is 0.0195 e. The van der Waals surface area contributed by atoms with Crippen molar-refractivity contribution in [1.82, 2.24) is 0 Å². The van der Waals surface area contributed by atoms with Gasteiger partial charge in [0, 0.05) is 5.54 Å². The standard InChI is InChI=1S/C17H27N/c1-13-10-14(2)16(15(3)11-13)12-17(18)8-6-4-5-7-9-17/h10-11H,4-9,12,18H2,1-3H3. The molecule has 0 bridgehead atoms. The predicted molar refractivity (Wildman–Crippen MR) is 79.0 cm³/mol. The Labute approximate surface area is 112 Å². The number of aryl methyl sites for hydroxylation is 3. The molecule has 1 aliphatic rings. The first-order valence-electron chi connectivity index (χ1n) is 7.36. The molecule has 18 heavy (non-hydrogen) atoms. The van der Waals surface area contributed by atoms with E-state index >= 15 is 0 Å². The molecule has 0 atom stereocenters. The van der Waals surface area contributed by atoms with Crippen molar-refractivity contribution in [3.05, 3.63) is 34.4 Å². The second-order valence-corrected chi connectivity index (χ2v) is 6.33. The first-order chi connectivity index (χ1) is 8.50. The molecule has 1 heteroatoms. The lowest BCUT2D eigenvalue weighted by atomic mass is 9.82. The van der Waals surface area contributed by atoms with Crippen molar-refractivity contribution in [2.75, 3.05) is 0 Å². The first-order valence-corrected chi connectivity index (χ1v) is 7.36. The minimum absolute atomic E-state index is 0.0429. The van der Waals surface area contributed by atoms with Crippen molar-refractivity contribution in [3.8, 4) is 0 Å². The summed E-state index contributed by atoms with van der Waals surface area (Å²) in [5.41, 5.74) is 12.4. The van der Waals surface area contributed by atoms with E-state index in [9.17, 15) is 0 Å². The molecule has 0 spiro atoms. The van der Waals surface area contributed by atoms with Gasteiger partial charge in [-0.25, -0.2) is 0 Å². The highest BCUT2D eigenvalue weighted by Crippen LogP contribution is 2.30. The monoisotopic (exact) mass is 245 g/mol. The van der Waals surface area contributed by atoms with E-state index in [4.69, 9.17) is 5.73 Å². The molecule has 2 N–H and O–H groups in total. The van der Waals surface area contributed by atoms with Crippen LogP contribution in [0.3, 0.4) is 0 Å². The summed E-state index contributed by atoms with van der Waals surface area (Å²) in [5.74, 6) is 0. The molecule has 1 nitrogen and oxygen atoms in total. The summed E-state index contributed by atoms with van der Waals surface area (Å²) >= 11 is 0. The van der Waals surface area contributed by atoms with Gasteiger partial charge in [0.25, 0.3) is 0 Å². The lowest BCUT2D eigenvalue weighted by Crippen LogP contribution is -2.41. The van der Waals surface area contributed by atoms with Gasteiger partial charge in [-0.3, -0.25) is 0 Å². The van der Waals surface area contributed by atoms with Gasteiger partial charge in [-0.1, -0.05) is 43.4 Å². The average Bonchev–Trinajstić information content (AvgIpc) is 2.49. The normalized spacial score (nSPS) is 19.6. The molecular formula is C17H27N. The summed E-state index contributed by atoms with van der Waals surface area (Å²) in [7, 11) is 0. The Morgan fingerprint density at radius 3 is 1.94 bits per heavy atom. The minimum Gasteiger partial charge on any atom is -0.325 e. The highest BCUT2D eigenvalue weighted by Gasteiger charge is 2.27. The van der Waals surface area contributed by atoms with Crippen LogP contribution in [0.15, 0.2) is 12.1 Å². The van der Waals surface area contributed by atoms with Crippen molar-refractivity contribution in [1.29, 1.82) is 0 Å². The molecule has 1 aliphatic carbocycles. The van der Waals surface area contributed by atoms with Crippen LogP contribution in [-0.2, 0) is 6.42 Å². The van der Waals surface area contributed by atoms with Crippen molar-refractivity contribution in [2.24, 2.45) is 5.73 Å². The summed E-state index contributed by atoms with van der Waals surface area (Å²) < 4.78 is 0. The Kier molecular flexibility index (Phi) is 4.11. The number of hydrogen-bond acceptors (Lipinski definition) is 1. The van der Waals surface area contributed by atoms with Gasteiger partial charge < -0.3 is 5.73 Å². The number of nitrogens with two attached hydrogens (primary N) is 1. The molecule has 0 unspecified atom stereocenters. The Balaban J connectivity index is 2.22. The highest BCUT2D eigenvalue weighted by atomic mass is 14.7. The Morgan fingerprint density at radius 2 is 1.44 bits per heavy atom. The van der Waals surface area contributed by atoms with E-state index in [1.807, 2.05) is 0 Å². The zero-order valence-electron chi connectivity index (χ0n) is 12.2. The molecular weight excluding hydrogens is 218 g/mol. The second kappa shape index (κ2) is 5.44. The second-order valence-electron chi connectivity index (χ2n) is 6.33. The number of rotatable bonds is 2. The van der Waals surface area contributed by atoms with Gasteiger partial charge >= 0.3 is 0 Å². The van der Waals surface area contributed by atoms with Crippen LogP contribution in [-0.4, -0.2) is 5.54 Å². The summed E-state index contributed by atoms with van der Waals surface area (Å²) in [5, 5.41) is 0. The van der Waals surface area contributed by atoms with Crippen LogP contribution in [0.2, 0.25) is 0 Å². The summed E-state index contributed by atoms with van der Waals surface area (Å²) in [4.78, 5) is 0. The number of benzene rings is 1. The molecule has 0 heterocycles. The fraction of sp³-hybridized carbons (Fsp3) is 0.647. The predicted octanol–water partition coefficient (Wildman–Crippen LogP) is 4.21. The quantitative estimate of drug-likeness (QED) is 0.776. The maximum absolute atomic E-state index is 6.67. The SMILES string of the molecule is Cc1cc(C)c(CC2(N)CCCCCC2)c(C)c1. The average molecular weight is 245 g/mol. The molecule has 1 saturated carbocycles. The lowest BCUT2D eigenvalue weighted by molar-refractivity contribution is 0.368. The topological polar surface area (TPSA) is 26.0 Å². The van der Waals surface area contributed by atoms with E-state index in [0.717, 1.165) is 6.42 Å². The summed E-state index contributed by atoms with van der Waals surface area (Å²) in [6.45, 7) is 6.64. The molecule has 100 valence electrons. The summed E-state index contributed by atoms with van der Waals surface area (Å²) in [6, 6.07) is 4.59. The third kappa shape index (κ3) is 3.14. The zero-order chi connectivity index (χ0) is 13.2. The van der Waals surface area contributed by atoms with Gasteiger partial charge in [0.2, 0.25) is 0 Å². The van der Waals surface area contributed by atoms with E-state index in [0.29, 0.717) is 0 Å². The number of hydrogen-bond donors (Lipinski definition) is 1. The van der Waals surface area contributed by atoms with Crippen LogP contribution >= 0.6 is 0 Å². The van der Waals surface area contributed by atoms with Crippen LogP contribution in [0.1, 0.15) is 60.8 Å². The van der Waals surface area contributed by atoms with Crippen LogP contribution < -0.4 is 5.73 Å². The maximum Gasteiger partial charge on any atom is 0.0195 e. The third-order valence-electron chi connectivity index (χ3n) is 4.47. The van der Waals surface area contributed by atoms with E-state index in [1.165, 1.54) is 60.8 Å². The lowest BCUT2D eigenvalue weighted by Gasteiger charge is -2.30. The van der Waals surface area contributed by atoms with Crippen LogP contribution in [0, 0.1) is 20.8 Å². The molecule has 1 aromatic carbocycles. The Bertz CT molecular complexity index is 389. The molecule has 1 aromatic rings. The van der Waals surface area contributed by atoms with Gasteiger partial charge in [-0.15, -0.1) is 0 Å². The van der Waals surface area contributed by atoms with E-state index < -0.39 is 0 Å². The van der Waals surface area contributed by atoms with Crippen molar-refractivity contribution in [2.45, 2.75) is 71.3 Å². The third-order valence-corrected chi connectivity index (χ3v) is 4.47. The fourth-order valence-corrected chi connectivity index (χ4v) is 3.45.